The highest BCUT2D eigenvalue weighted by atomic mass is 16.5. The third-order valence-electron chi connectivity index (χ3n) is 6.55. The number of ether oxygens (including phenoxy) is 1. The Balaban J connectivity index is 1.57. The lowest BCUT2D eigenvalue weighted by Crippen LogP contribution is -2.38. The van der Waals surface area contributed by atoms with Gasteiger partial charge in [0, 0.05) is 11.1 Å². The molecule has 2 aliphatic rings. The molecular weight excluding hydrogens is 360 g/mol. The second kappa shape index (κ2) is 7.87. The molecule has 1 aliphatic carbocycles. The Morgan fingerprint density at radius 2 is 1.93 bits per heavy atom. The Bertz CT molecular complexity index is 911. The molecule has 2 N–H and O–H groups in total. The van der Waals surface area contributed by atoms with Crippen molar-refractivity contribution in [2.75, 3.05) is 0 Å². The van der Waals surface area contributed by atoms with Crippen molar-refractivity contribution in [3.05, 3.63) is 64.7 Å². The molecule has 0 radical (unpaired) electrons. The number of benzene rings is 2. The van der Waals surface area contributed by atoms with Gasteiger partial charge in [0.15, 0.2) is 0 Å². The second-order valence-electron chi connectivity index (χ2n) is 9.10. The van der Waals surface area contributed by atoms with E-state index in [1.54, 1.807) is 0 Å². The Labute approximate surface area is 174 Å². The van der Waals surface area contributed by atoms with E-state index in [0.717, 1.165) is 61.0 Å². The van der Waals surface area contributed by atoms with Gasteiger partial charge in [-0.3, -0.25) is 0 Å². The summed E-state index contributed by atoms with van der Waals surface area (Å²) in [6, 6.07) is 14.4. The summed E-state index contributed by atoms with van der Waals surface area (Å²) >= 11 is 0. The Morgan fingerprint density at radius 3 is 2.69 bits per heavy atom. The molecule has 1 aliphatic heterocycles. The highest BCUT2D eigenvalue weighted by Crippen LogP contribution is 2.49. The predicted molar refractivity (Wildman–Crippen MR) is 117 cm³/mol. The first-order valence-electron chi connectivity index (χ1n) is 10.9. The van der Waals surface area contributed by atoms with Crippen LogP contribution in [-0.2, 0) is 6.42 Å². The average molecular weight is 393 g/mol. The molecule has 0 spiro atoms. The van der Waals surface area contributed by atoms with Gasteiger partial charge in [-0.15, -0.1) is 0 Å². The van der Waals surface area contributed by atoms with Crippen LogP contribution in [0.25, 0.3) is 5.57 Å². The zero-order valence-electron chi connectivity index (χ0n) is 17.7. The second-order valence-corrected chi connectivity index (χ2v) is 9.10. The minimum Gasteiger partial charge on any atom is -0.508 e. The molecule has 2 aromatic rings. The van der Waals surface area contributed by atoms with Crippen molar-refractivity contribution in [2.24, 2.45) is 0 Å². The van der Waals surface area contributed by atoms with Crippen molar-refractivity contribution in [3.63, 3.8) is 0 Å². The van der Waals surface area contributed by atoms with E-state index in [1.807, 2.05) is 18.2 Å². The fraction of sp³-hybridized carbons (Fsp3) is 0.462. The maximum atomic E-state index is 10.8. The summed E-state index contributed by atoms with van der Waals surface area (Å²) in [5.74, 6) is 1.34. The molecule has 154 valence electrons. The minimum absolute atomic E-state index is 0.238. The van der Waals surface area contributed by atoms with E-state index in [4.69, 9.17) is 4.74 Å². The van der Waals surface area contributed by atoms with Crippen LogP contribution in [0.1, 0.15) is 75.5 Å². The van der Waals surface area contributed by atoms with Gasteiger partial charge in [-0.2, -0.15) is 0 Å². The molecule has 0 saturated carbocycles. The lowest BCUT2D eigenvalue weighted by atomic mass is 9.76. The molecule has 2 atom stereocenters. The van der Waals surface area contributed by atoms with Crippen molar-refractivity contribution in [1.29, 1.82) is 0 Å². The molecule has 2 aromatic carbocycles. The number of rotatable bonds is 5. The Kier molecular flexibility index (Phi) is 5.44. The molecule has 4 rings (SSSR count). The third kappa shape index (κ3) is 3.93. The first kappa shape index (κ1) is 20.0. The first-order valence-corrected chi connectivity index (χ1v) is 10.9. The van der Waals surface area contributed by atoms with Gasteiger partial charge in [-0.05, 0) is 87.1 Å². The van der Waals surface area contributed by atoms with Crippen LogP contribution in [0.15, 0.2) is 48.0 Å². The summed E-state index contributed by atoms with van der Waals surface area (Å²) in [6.07, 6.45) is 5.33. The zero-order valence-corrected chi connectivity index (χ0v) is 17.7. The normalized spacial score (nSPS) is 21.2. The van der Waals surface area contributed by atoms with E-state index in [0.29, 0.717) is 5.75 Å². The van der Waals surface area contributed by atoms with E-state index >= 15 is 0 Å². The summed E-state index contributed by atoms with van der Waals surface area (Å²) in [6.45, 7) is 6.33. The van der Waals surface area contributed by atoms with Crippen LogP contribution in [-0.4, -0.2) is 21.9 Å². The summed E-state index contributed by atoms with van der Waals surface area (Å²) in [5.41, 5.74) is 4.87. The number of hydrogen-bond donors (Lipinski definition) is 2. The van der Waals surface area contributed by atoms with Crippen molar-refractivity contribution in [2.45, 2.75) is 76.9 Å². The van der Waals surface area contributed by atoms with Crippen LogP contribution in [0.3, 0.4) is 0 Å². The fourth-order valence-corrected chi connectivity index (χ4v) is 4.94. The monoisotopic (exact) mass is 392 g/mol. The van der Waals surface area contributed by atoms with Crippen LogP contribution >= 0.6 is 0 Å². The average Bonchev–Trinajstić information content (AvgIpc) is 2.69. The lowest BCUT2D eigenvalue weighted by Gasteiger charge is -2.41. The first-order chi connectivity index (χ1) is 13.9. The van der Waals surface area contributed by atoms with Crippen LogP contribution in [0.2, 0.25) is 0 Å². The molecular formula is C26H32O3. The summed E-state index contributed by atoms with van der Waals surface area (Å²) < 4.78 is 6.38. The van der Waals surface area contributed by atoms with E-state index < -0.39 is 11.7 Å². The molecule has 0 amide bonds. The van der Waals surface area contributed by atoms with Gasteiger partial charge in [0.2, 0.25) is 0 Å². The van der Waals surface area contributed by atoms with Gasteiger partial charge < -0.3 is 14.9 Å². The maximum Gasteiger partial charge on any atom is 0.128 e. The number of aliphatic hydroxyl groups excluding tert-OH is 1. The SMILES string of the molecule is CC(CCCc1ccccc1)c1cc2c(cc1O)C1=C(CCC[C@H]1O)C(C)(C)O2. The zero-order chi connectivity index (χ0) is 20.6. The lowest BCUT2D eigenvalue weighted by molar-refractivity contribution is 0.125. The topological polar surface area (TPSA) is 49.7 Å². The molecule has 1 heterocycles. The van der Waals surface area contributed by atoms with Gasteiger partial charge in [-0.25, -0.2) is 0 Å². The number of phenolic OH excluding ortho intramolecular Hbond substituents is 1. The van der Waals surface area contributed by atoms with E-state index in [1.165, 1.54) is 11.1 Å². The predicted octanol–water partition coefficient (Wildman–Crippen LogP) is 5.99. The van der Waals surface area contributed by atoms with Crippen LogP contribution in [0, 0.1) is 0 Å². The summed E-state index contributed by atoms with van der Waals surface area (Å²) in [4.78, 5) is 0. The molecule has 0 fully saturated rings. The number of fused-ring (bicyclic) bond motifs is 2. The Morgan fingerprint density at radius 1 is 1.17 bits per heavy atom. The number of aromatic hydroxyl groups is 1. The van der Waals surface area contributed by atoms with Gasteiger partial charge >= 0.3 is 0 Å². The van der Waals surface area contributed by atoms with Gasteiger partial charge in [0.05, 0.1) is 6.10 Å². The van der Waals surface area contributed by atoms with Gasteiger partial charge in [-0.1, -0.05) is 37.3 Å². The molecule has 1 unspecified atom stereocenters. The van der Waals surface area contributed by atoms with Gasteiger partial charge in [0.1, 0.15) is 17.1 Å². The third-order valence-corrected chi connectivity index (χ3v) is 6.55. The van der Waals surface area contributed by atoms with Crippen molar-refractivity contribution in [3.8, 4) is 11.5 Å². The van der Waals surface area contributed by atoms with Crippen LogP contribution < -0.4 is 4.74 Å². The highest BCUT2D eigenvalue weighted by Gasteiger charge is 2.39. The van der Waals surface area contributed by atoms with E-state index in [2.05, 4.69) is 45.0 Å². The quantitative estimate of drug-likeness (QED) is 0.657. The van der Waals surface area contributed by atoms with Crippen molar-refractivity contribution < 1.29 is 14.9 Å². The van der Waals surface area contributed by atoms with Crippen LogP contribution in [0.5, 0.6) is 11.5 Å². The standard InChI is InChI=1S/C26H32O3/c1-17(9-7-12-18-10-5-4-6-11-18)19-16-24-20(15-23(19)28)25-21(26(2,3)29-24)13-8-14-22(25)27/h4-6,10-11,15-17,22,27-28H,7-9,12-14H2,1-3H3/t17?,22-/m1/s1. The van der Waals surface area contributed by atoms with Crippen LogP contribution in [0.4, 0.5) is 0 Å². The molecule has 0 saturated heterocycles. The molecule has 0 bridgehead atoms. The minimum atomic E-state index is -0.478. The number of aryl methyl sites for hydroxylation is 1. The number of aliphatic hydroxyl groups is 1. The van der Waals surface area contributed by atoms with E-state index in [-0.39, 0.29) is 5.92 Å². The summed E-state index contributed by atoms with van der Waals surface area (Å²) in [5, 5.41) is 21.5. The number of phenols is 1. The van der Waals surface area contributed by atoms with E-state index in [9.17, 15) is 10.2 Å². The maximum absolute atomic E-state index is 10.8. The summed E-state index contributed by atoms with van der Waals surface area (Å²) in [7, 11) is 0. The smallest absolute Gasteiger partial charge is 0.128 e. The molecule has 0 aromatic heterocycles. The fourth-order valence-electron chi connectivity index (χ4n) is 4.94. The van der Waals surface area contributed by atoms with Crippen molar-refractivity contribution >= 4 is 5.57 Å². The molecule has 3 nitrogen and oxygen atoms in total. The highest BCUT2D eigenvalue weighted by molar-refractivity contribution is 5.81. The largest absolute Gasteiger partial charge is 0.508 e. The number of hydrogen-bond acceptors (Lipinski definition) is 3. The molecule has 3 heteroatoms. The van der Waals surface area contributed by atoms with Gasteiger partial charge in [0.25, 0.3) is 0 Å². The van der Waals surface area contributed by atoms with Crippen molar-refractivity contribution in [1.82, 2.24) is 0 Å². The Hall–Kier alpha value is -2.26. The molecule has 29 heavy (non-hydrogen) atoms.